The van der Waals surface area contributed by atoms with Crippen LogP contribution < -0.4 is 0 Å². The lowest BCUT2D eigenvalue weighted by molar-refractivity contribution is -0.339. The molecule has 0 unspecified atom stereocenters. The molecule has 2 aliphatic heterocycles. The molecule has 14 heteroatoms. The van der Waals surface area contributed by atoms with E-state index >= 15 is 0 Å². The van der Waals surface area contributed by atoms with E-state index in [0.29, 0.717) is 0 Å². The van der Waals surface area contributed by atoms with E-state index in [1.54, 1.807) is 0 Å². The summed E-state index contributed by atoms with van der Waals surface area (Å²) < 4.78 is 21.4. The molecule has 0 radical (unpaired) electrons. The van der Waals surface area contributed by atoms with Crippen LogP contribution in [-0.4, -0.2) is 103 Å². The second kappa shape index (κ2) is 11.8. The fourth-order valence-electron chi connectivity index (χ4n) is 4.07. The summed E-state index contributed by atoms with van der Waals surface area (Å²) >= 11 is 0. The van der Waals surface area contributed by atoms with Crippen molar-refractivity contribution in [1.82, 2.24) is 0 Å². The predicted molar refractivity (Wildman–Crippen MR) is 119 cm³/mol. The zero-order valence-corrected chi connectivity index (χ0v) is 19.3. The van der Waals surface area contributed by atoms with Gasteiger partial charge in [0.1, 0.15) is 24.4 Å². The highest BCUT2D eigenvalue weighted by molar-refractivity contribution is 5.91. The number of benzene rings is 1. The summed E-state index contributed by atoms with van der Waals surface area (Å²) in [6, 6.07) is 1.76. The maximum Gasteiger partial charge on any atom is 0.338 e. The first-order valence-electron chi connectivity index (χ1n) is 11.1. The van der Waals surface area contributed by atoms with Gasteiger partial charge in [-0.2, -0.15) is 0 Å². The van der Waals surface area contributed by atoms with Crippen LogP contribution in [0.4, 0.5) is 0 Å². The van der Waals surface area contributed by atoms with Gasteiger partial charge >= 0.3 is 11.9 Å². The molecule has 204 valence electrons. The maximum absolute atomic E-state index is 12.3. The summed E-state index contributed by atoms with van der Waals surface area (Å²) in [4.78, 5) is 24.1. The van der Waals surface area contributed by atoms with E-state index < -0.39 is 84.6 Å². The lowest BCUT2D eigenvalue weighted by atomic mass is 9.82. The average molecular weight is 528 g/mol. The van der Waals surface area contributed by atoms with Gasteiger partial charge in [0.15, 0.2) is 23.5 Å². The molecule has 0 aromatic heterocycles. The van der Waals surface area contributed by atoms with Crippen molar-refractivity contribution in [3.05, 3.63) is 42.2 Å². The minimum atomic E-state index is -1.73. The van der Waals surface area contributed by atoms with Crippen LogP contribution in [0.5, 0.6) is 17.2 Å². The molecule has 8 N–H and O–H groups in total. The number of aliphatic hydroxyl groups excluding tert-OH is 4. The number of aliphatic carboxylic acids is 1. The zero-order valence-electron chi connectivity index (χ0n) is 19.3. The first-order chi connectivity index (χ1) is 17.5. The Morgan fingerprint density at radius 2 is 1.68 bits per heavy atom. The smallest absolute Gasteiger partial charge is 0.338 e. The van der Waals surface area contributed by atoms with Crippen LogP contribution in [0, 0.1) is 11.8 Å². The van der Waals surface area contributed by atoms with Crippen LogP contribution in [0.3, 0.4) is 0 Å². The molecule has 0 aliphatic carbocycles. The van der Waals surface area contributed by atoms with E-state index in [4.69, 9.17) is 18.9 Å². The molecule has 1 aromatic carbocycles. The van der Waals surface area contributed by atoms with E-state index in [1.165, 1.54) is 6.08 Å². The summed E-state index contributed by atoms with van der Waals surface area (Å²) in [5.74, 6) is -6.36. The van der Waals surface area contributed by atoms with Crippen molar-refractivity contribution >= 4 is 11.9 Å². The first-order valence-corrected chi connectivity index (χ1v) is 11.1. The number of carbonyl (C=O) groups excluding carboxylic acids is 1. The van der Waals surface area contributed by atoms with Gasteiger partial charge in [-0.15, -0.1) is 6.58 Å². The Balaban J connectivity index is 1.72. The fraction of sp³-hybridized carbons (Fsp3) is 0.478. The van der Waals surface area contributed by atoms with Gasteiger partial charge in [-0.1, -0.05) is 6.08 Å². The van der Waals surface area contributed by atoms with E-state index in [0.717, 1.165) is 18.4 Å². The van der Waals surface area contributed by atoms with Crippen molar-refractivity contribution < 1.29 is 69.4 Å². The standard InChI is InChI=1S/C23H28O14/c1-2-10-11(3-4-34-21(33)9-5-13(25)16(27)14(26)6-9)12(20(31)32)8-35-22(10)37-23-19(30)18(29)17(28)15(7-24)36-23/h2,5-6,8,10-11,15,17-19,22-30H,1,3-4,7H2,(H,31,32)/t10-,11-,15+,17+,18-,19+,22-,23+/m0/s1. The monoisotopic (exact) mass is 528 g/mol. The number of esters is 1. The summed E-state index contributed by atoms with van der Waals surface area (Å²) in [5.41, 5.74) is -0.465. The Hall–Kier alpha value is -3.40. The van der Waals surface area contributed by atoms with Crippen LogP contribution in [0.2, 0.25) is 0 Å². The van der Waals surface area contributed by atoms with Crippen LogP contribution in [0.25, 0.3) is 0 Å². The highest BCUT2D eigenvalue weighted by Crippen LogP contribution is 2.38. The third-order valence-corrected chi connectivity index (χ3v) is 6.11. The van der Waals surface area contributed by atoms with Crippen molar-refractivity contribution in [3.63, 3.8) is 0 Å². The number of ether oxygens (including phenoxy) is 4. The Bertz CT molecular complexity index is 1010. The number of aromatic hydroxyl groups is 3. The third-order valence-electron chi connectivity index (χ3n) is 6.11. The lowest BCUT2D eigenvalue weighted by Gasteiger charge is -2.43. The molecule has 2 aliphatic rings. The molecule has 1 saturated heterocycles. The number of hydrogen-bond donors (Lipinski definition) is 8. The van der Waals surface area contributed by atoms with E-state index in [2.05, 4.69) is 6.58 Å². The fourth-order valence-corrected chi connectivity index (χ4v) is 4.07. The molecule has 0 spiro atoms. The molecular weight excluding hydrogens is 500 g/mol. The highest BCUT2D eigenvalue weighted by atomic mass is 16.8. The van der Waals surface area contributed by atoms with Crippen molar-refractivity contribution in [1.29, 1.82) is 0 Å². The molecule has 1 fully saturated rings. The molecule has 0 saturated carbocycles. The molecule has 3 rings (SSSR count). The van der Waals surface area contributed by atoms with Gasteiger partial charge in [-0.05, 0) is 18.6 Å². The van der Waals surface area contributed by atoms with Crippen molar-refractivity contribution in [2.24, 2.45) is 11.8 Å². The van der Waals surface area contributed by atoms with Gasteiger partial charge in [0.25, 0.3) is 0 Å². The summed E-state index contributed by atoms with van der Waals surface area (Å²) in [6.07, 6.45) is -6.96. The van der Waals surface area contributed by atoms with E-state index in [-0.39, 0.29) is 24.2 Å². The second-order valence-electron chi connectivity index (χ2n) is 8.42. The van der Waals surface area contributed by atoms with Gasteiger partial charge < -0.3 is 59.8 Å². The number of carboxylic acid groups (broad SMARTS) is 1. The van der Waals surface area contributed by atoms with Crippen LogP contribution in [-0.2, 0) is 23.7 Å². The molecule has 0 amide bonds. The largest absolute Gasteiger partial charge is 0.504 e. The third kappa shape index (κ3) is 5.95. The Kier molecular flexibility index (Phi) is 8.96. The van der Waals surface area contributed by atoms with E-state index in [1.807, 2.05) is 0 Å². The molecule has 2 heterocycles. The van der Waals surface area contributed by atoms with Crippen molar-refractivity contribution in [2.75, 3.05) is 13.2 Å². The molecule has 8 atom stereocenters. The molecular formula is C23H28O14. The number of aliphatic hydroxyl groups is 4. The predicted octanol–water partition coefficient (Wildman–Crippen LogP) is -1.09. The van der Waals surface area contributed by atoms with Crippen molar-refractivity contribution in [3.8, 4) is 17.2 Å². The SMILES string of the molecule is C=C[C@@H]1[C@H](O[C@H]2O[C@H](CO)[C@@H](O)[C@H](O)[C@H]2O)OC=C(C(=O)O)[C@H]1CCOC(=O)c1cc(O)c(O)c(O)c1. The Labute approximate surface area is 209 Å². The first kappa shape index (κ1) is 28.2. The van der Waals surface area contributed by atoms with Gasteiger partial charge in [0.05, 0.1) is 30.6 Å². The Morgan fingerprint density at radius 1 is 1.03 bits per heavy atom. The highest BCUT2D eigenvalue weighted by Gasteiger charge is 2.47. The van der Waals surface area contributed by atoms with Gasteiger partial charge in [-0.3, -0.25) is 0 Å². The molecule has 37 heavy (non-hydrogen) atoms. The number of carboxylic acids is 1. The number of phenolic OH excluding ortho intramolecular Hbond substituents is 3. The Morgan fingerprint density at radius 3 is 2.24 bits per heavy atom. The maximum atomic E-state index is 12.3. The number of rotatable bonds is 9. The second-order valence-corrected chi connectivity index (χ2v) is 8.42. The average Bonchev–Trinajstić information content (AvgIpc) is 2.86. The zero-order chi connectivity index (χ0) is 27.4. The minimum absolute atomic E-state index is 0.0749. The van der Waals surface area contributed by atoms with Gasteiger partial charge in [0, 0.05) is 11.8 Å². The quantitative estimate of drug-likeness (QED) is 0.108. The van der Waals surface area contributed by atoms with Crippen LogP contribution >= 0.6 is 0 Å². The topological polar surface area (TPSA) is 233 Å². The minimum Gasteiger partial charge on any atom is -0.504 e. The molecule has 14 nitrogen and oxygen atoms in total. The number of phenols is 3. The summed E-state index contributed by atoms with van der Waals surface area (Å²) in [5, 5.41) is 77.7. The molecule has 1 aromatic rings. The van der Waals surface area contributed by atoms with Crippen LogP contribution in [0.1, 0.15) is 16.8 Å². The lowest BCUT2D eigenvalue weighted by Crippen LogP contribution is -2.60. The summed E-state index contributed by atoms with van der Waals surface area (Å²) in [6.45, 7) is 2.66. The van der Waals surface area contributed by atoms with Crippen molar-refractivity contribution in [2.45, 2.75) is 43.4 Å². The van der Waals surface area contributed by atoms with E-state index in [9.17, 15) is 50.4 Å². The number of carbonyl (C=O) groups is 2. The molecule has 0 bridgehead atoms. The van der Waals surface area contributed by atoms with Crippen LogP contribution in [0.15, 0.2) is 36.6 Å². The normalized spacial score (nSPS) is 31.6. The summed E-state index contributed by atoms with van der Waals surface area (Å²) in [7, 11) is 0. The number of hydrogen-bond acceptors (Lipinski definition) is 13. The van der Waals surface area contributed by atoms with Gasteiger partial charge in [-0.25, -0.2) is 9.59 Å². The van der Waals surface area contributed by atoms with Gasteiger partial charge in [0.2, 0.25) is 6.29 Å².